The number of amides is 1. The second-order valence-electron chi connectivity index (χ2n) is 3.91. The van der Waals surface area contributed by atoms with Gasteiger partial charge in [0.1, 0.15) is 0 Å². The average Bonchev–Trinajstić information content (AvgIpc) is 2.28. The van der Waals surface area contributed by atoms with Crippen molar-refractivity contribution in [1.29, 1.82) is 0 Å². The number of rotatable bonds is 6. The molecule has 0 fully saturated rings. The minimum absolute atomic E-state index is 0. The van der Waals surface area contributed by atoms with Crippen molar-refractivity contribution in [3.63, 3.8) is 0 Å². The van der Waals surface area contributed by atoms with Crippen molar-refractivity contribution in [1.82, 2.24) is 10.6 Å². The van der Waals surface area contributed by atoms with Crippen LogP contribution in [0, 0.1) is 6.92 Å². The molecule has 0 aliphatic rings. The van der Waals surface area contributed by atoms with Gasteiger partial charge >= 0.3 is 0 Å². The Bertz CT molecular complexity index is 342. The Hall–Kier alpha value is -1.06. The van der Waals surface area contributed by atoms with Crippen LogP contribution in [0.15, 0.2) is 24.3 Å². The SMILES string of the molecule is CNCCCC(=O)NCc1ccccc1C.Cl. The first-order chi connectivity index (χ1) is 7.74. The van der Waals surface area contributed by atoms with Crippen LogP contribution < -0.4 is 10.6 Å². The fraction of sp³-hybridized carbons (Fsp3) is 0.462. The monoisotopic (exact) mass is 256 g/mol. The van der Waals surface area contributed by atoms with E-state index >= 15 is 0 Å². The van der Waals surface area contributed by atoms with E-state index in [4.69, 9.17) is 0 Å². The zero-order valence-corrected chi connectivity index (χ0v) is 11.3. The summed E-state index contributed by atoms with van der Waals surface area (Å²) in [6, 6.07) is 8.11. The molecule has 2 N–H and O–H groups in total. The molecule has 0 unspecified atom stereocenters. The molecule has 1 aromatic rings. The molecule has 17 heavy (non-hydrogen) atoms. The number of hydrogen-bond acceptors (Lipinski definition) is 2. The minimum Gasteiger partial charge on any atom is -0.352 e. The van der Waals surface area contributed by atoms with E-state index in [0.717, 1.165) is 13.0 Å². The van der Waals surface area contributed by atoms with Crippen LogP contribution >= 0.6 is 12.4 Å². The molecule has 0 spiro atoms. The van der Waals surface area contributed by atoms with Gasteiger partial charge in [-0.1, -0.05) is 24.3 Å². The molecule has 0 aromatic heterocycles. The van der Waals surface area contributed by atoms with Gasteiger partial charge in [0.25, 0.3) is 0 Å². The van der Waals surface area contributed by atoms with Crippen molar-refractivity contribution >= 4 is 18.3 Å². The van der Waals surface area contributed by atoms with Crippen molar-refractivity contribution in [2.24, 2.45) is 0 Å². The number of carbonyl (C=O) groups is 1. The van der Waals surface area contributed by atoms with E-state index in [9.17, 15) is 4.79 Å². The molecule has 1 amide bonds. The number of halogens is 1. The van der Waals surface area contributed by atoms with Crippen molar-refractivity contribution < 1.29 is 4.79 Å². The van der Waals surface area contributed by atoms with E-state index in [1.165, 1.54) is 11.1 Å². The van der Waals surface area contributed by atoms with Gasteiger partial charge in [-0.2, -0.15) is 0 Å². The highest BCUT2D eigenvalue weighted by Gasteiger charge is 2.01. The van der Waals surface area contributed by atoms with Gasteiger partial charge in [0, 0.05) is 13.0 Å². The van der Waals surface area contributed by atoms with Crippen molar-refractivity contribution in [2.45, 2.75) is 26.3 Å². The molecule has 0 saturated carbocycles. The molecular formula is C13H21ClN2O. The molecule has 0 saturated heterocycles. The Morgan fingerprint density at radius 1 is 1.29 bits per heavy atom. The molecule has 0 aliphatic carbocycles. The lowest BCUT2D eigenvalue weighted by Gasteiger charge is -2.07. The van der Waals surface area contributed by atoms with Crippen LogP contribution in [-0.2, 0) is 11.3 Å². The topological polar surface area (TPSA) is 41.1 Å². The van der Waals surface area contributed by atoms with Crippen molar-refractivity contribution in [2.75, 3.05) is 13.6 Å². The summed E-state index contributed by atoms with van der Waals surface area (Å²) in [7, 11) is 1.89. The van der Waals surface area contributed by atoms with Gasteiger partial charge in [0.2, 0.25) is 5.91 Å². The van der Waals surface area contributed by atoms with E-state index in [-0.39, 0.29) is 18.3 Å². The zero-order chi connectivity index (χ0) is 11.8. The molecule has 0 bridgehead atoms. The van der Waals surface area contributed by atoms with Crippen LogP contribution in [0.5, 0.6) is 0 Å². The highest BCUT2D eigenvalue weighted by molar-refractivity contribution is 5.85. The first kappa shape index (κ1) is 15.9. The van der Waals surface area contributed by atoms with E-state index in [2.05, 4.69) is 23.6 Å². The third-order valence-electron chi connectivity index (χ3n) is 2.57. The summed E-state index contributed by atoms with van der Waals surface area (Å²) < 4.78 is 0. The smallest absolute Gasteiger partial charge is 0.220 e. The number of aryl methyl sites for hydroxylation is 1. The Balaban J connectivity index is 0.00000256. The molecule has 1 aromatic carbocycles. The maximum Gasteiger partial charge on any atom is 0.220 e. The van der Waals surface area contributed by atoms with Gasteiger partial charge in [-0.25, -0.2) is 0 Å². The lowest BCUT2D eigenvalue weighted by Crippen LogP contribution is -2.24. The first-order valence-corrected chi connectivity index (χ1v) is 5.70. The Morgan fingerprint density at radius 2 is 2.00 bits per heavy atom. The number of nitrogens with one attached hydrogen (secondary N) is 2. The third kappa shape index (κ3) is 6.29. The van der Waals surface area contributed by atoms with E-state index in [1.807, 2.05) is 25.2 Å². The molecular weight excluding hydrogens is 236 g/mol. The maximum atomic E-state index is 11.5. The van der Waals surface area contributed by atoms with Crippen LogP contribution in [0.1, 0.15) is 24.0 Å². The quantitative estimate of drug-likeness (QED) is 0.765. The second kappa shape index (κ2) is 9.02. The highest BCUT2D eigenvalue weighted by atomic mass is 35.5. The Morgan fingerprint density at radius 3 is 2.65 bits per heavy atom. The summed E-state index contributed by atoms with van der Waals surface area (Å²) in [4.78, 5) is 11.5. The fourth-order valence-corrected chi connectivity index (χ4v) is 1.52. The van der Waals surface area contributed by atoms with Crippen molar-refractivity contribution in [3.05, 3.63) is 35.4 Å². The fourth-order valence-electron chi connectivity index (χ4n) is 1.52. The molecule has 0 radical (unpaired) electrons. The predicted molar refractivity (Wildman–Crippen MR) is 73.4 cm³/mol. The van der Waals surface area contributed by atoms with Gasteiger partial charge < -0.3 is 10.6 Å². The molecule has 0 heterocycles. The normalized spacial score (nSPS) is 9.53. The van der Waals surface area contributed by atoms with Gasteiger partial charge in [-0.05, 0) is 38.1 Å². The summed E-state index contributed by atoms with van der Waals surface area (Å²) in [6.07, 6.45) is 1.48. The molecule has 96 valence electrons. The van der Waals surface area contributed by atoms with E-state index in [0.29, 0.717) is 13.0 Å². The largest absolute Gasteiger partial charge is 0.352 e. The van der Waals surface area contributed by atoms with Gasteiger partial charge in [0.05, 0.1) is 0 Å². The van der Waals surface area contributed by atoms with Crippen LogP contribution in [0.25, 0.3) is 0 Å². The van der Waals surface area contributed by atoms with Gasteiger partial charge in [-0.15, -0.1) is 12.4 Å². The maximum absolute atomic E-state index is 11.5. The predicted octanol–water partition coefficient (Wildman–Crippen LogP) is 2.03. The Kier molecular flexibility index (Phi) is 8.46. The molecule has 3 nitrogen and oxygen atoms in total. The van der Waals surface area contributed by atoms with Crippen LogP contribution in [0.4, 0.5) is 0 Å². The standard InChI is InChI=1S/C13H20N2O.ClH/c1-11-6-3-4-7-12(11)10-15-13(16)8-5-9-14-2;/h3-4,6-7,14H,5,8-10H2,1-2H3,(H,15,16);1H. The number of hydrogen-bond donors (Lipinski definition) is 2. The number of benzene rings is 1. The van der Waals surface area contributed by atoms with Crippen molar-refractivity contribution in [3.8, 4) is 0 Å². The van der Waals surface area contributed by atoms with Crippen LogP contribution in [0.3, 0.4) is 0 Å². The summed E-state index contributed by atoms with van der Waals surface area (Å²) >= 11 is 0. The molecule has 0 atom stereocenters. The highest BCUT2D eigenvalue weighted by Crippen LogP contribution is 2.06. The lowest BCUT2D eigenvalue weighted by atomic mass is 10.1. The third-order valence-corrected chi connectivity index (χ3v) is 2.57. The first-order valence-electron chi connectivity index (χ1n) is 5.70. The van der Waals surface area contributed by atoms with Gasteiger partial charge in [-0.3, -0.25) is 4.79 Å². The molecule has 1 rings (SSSR count). The molecule has 0 aliphatic heterocycles. The van der Waals surface area contributed by atoms with E-state index < -0.39 is 0 Å². The Labute approximate surface area is 109 Å². The molecule has 4 heteroatoms. The summed E-state index contributed by atoms with van der Waals surface area (Å²) in [5, 5.41) is 5.96. The lowest BCUT2D eigenvalue weighted by molar-refractivity contribution is -0.121. The summed E-state index contributed by atoms with van der Waals surface area (Å²) in [5.41, 5.74) is 2.41. The van der Waals surface area contributed by atoms with Crippen LogP contribution in [0.2, 0.25) is 0 Å². The summed E-state index contributed by atoms with van der Waals surface area (Å²) in [6.45, 7) is 3.57. The average molecular weight is 257 g/mol. The zero-order valence-electron chi connectivity index (χ0n) is 10.5. The second-order valence-corrected chi connectivity index (χ2v) is 3.91. The van der Waals surface area contributed by atoms with Gasteiger partial charge in [0.15, 0.2) is 0 Å². The minimum atomic E-state index is 0. The number of carbonyl (C=O) groups excluding carboxylic acids is 1. The summed E-state index contributed by atoms with van der Waals surface area (Å²) in [5.74, 6) is 0.124. The van der Waals surface area contributed by atoms with Crippen LogP contribution in [-0.4, -0.2) is 19.5 Å². The van der Waals surface area contributed by atoms with E-state index in [1.54, 1.807) is 0 Å².